The molecule has 9 nitrogen and oxygen atoms in total. The molecule has 1 saturated heterocycles. The Labute approximate surface area is 179 Å². The number of nitrogens with zero attached hydrogens (tertiary/aromatic N) is 3. The molecular formula is C21H24N4O5S. The van der Waals surface area contributed by atoms with Crippen LogP contribution in [0.1, 0.15) is 16.1 Å². The zero-order chi connectivity index (χ0) is 22.2. The Morgan fingerprint density at radius 2 is 1.81 bits per heavy atom. The molecule has 1 aromatic carbocycles. The van der Waals surface area contributed by atoms with Crippen LogP contribution in [0.4, 0.5) is 5.69 Å². The second-order valence-electron chi connectivity index (χ2n) is 7.56. The van der Waals surface area contributed by atoms with Crippen molar-refractivity contribution >= 4 is 32.5 Å². The summed E-state index contributed by atoms with van der Waals surface area (Å²) >= 11 is 0. The molecule has 0 saturated carbocycles. The van der Waals surface area contributed by atoms with Gasteiger partial charge in [0, 0.05) is 45.2 Å². The van der Waals surface area contributed by atoms with Gasteiger partial charge in [-0.2, -0.15) is 0 Å². The number of furan rings is 1. The summed E-state index contributed by atoms with van der Waals surface area (Å²) in [6.07, 6.45) is 2.54. The molecule has 31 heavy (non-hydrogen) atoms. The zero-order valence-corrected chi connectivity index (χ0v) is 18.2. The maximum absolute atomic E-state index is 13.1. The molecule has 2 aromatic heterocycles. The van der Waals surface area contributed by atoms with Crippen LogP contribution in [0.3, 0.4) is 0 Å². The van der Waals surface area contributed by atoms with Crippen molar-refractivity contribution in [3.63, 3.8) is 0 Å². The van der Waals surface area contributed by atoms with Crippen LogP contribution < -0.4 is 15.2 Å². The predicted octanol–water partition coefficient (Wildman–Crippen LogP) is 1.14. The minimum absolute atomic E-state index is 0.1000. The summed E-state index contributed by atoms with van der Waals surface area (Å²) in [5, 5.41) is 0.862. The SMILES string of the molecule is Cn1c(=O)c(CNS(C)(=O)=O)c(N2CCN(C(=O)c3ccco3)CC2)c2ccccc21. The summed E-state index contributed by atoms with van der Waals surface area (Å²) in [7, 11) is -1.80. The average molecular weight is 445 g/mol. The summed E-state index contributed by atoms with van der Waals surface area (Å²) in [6, 6.07) is 10.9. The van der Waals surface area contributed by atoms with Crippen LogP contribution in [0.15, 0.2) is 51.9 Å². The number of carbonyl (C=O) groups is 1. The van der Waals surface area contributed by atoms with Gasteiger partial charge in [-0.05, 0) is 18.2 Å². The Morgan fingerprint density at radius 1 is 1.10 bits per heavy atom. The van der Waals surface area contributed by atoms with E-state index in [2.05, 4.69) is 9.62 Å². The lowest BCUT2D eigenvalue weighted by molar-refractivity contribution is 0.0714. The van der Waals surface area contributed by atoms with Crippen molar-refractivity contribution in [1.29, 1.82) is 0 Å². The van der Waals surface area contributed by atoms with Gasteiger partial charge in [0.25, 0.3) is 11.5 Å². The lowest BCUT2D eigenvalue weighted by atomic mass is 10.1. The second kappa shape index (κ2) is 8.20. The third-order valence-corrected chi connectivity index (χ3v) is 6.16. The predicted molar refractivity (Wildman–Crippen MR) is 118 cm³/mol. The molecule has 10 heteroatoms. The molecule has 1 fully saturated rings. The lowest BCUT2D eigenvalue weighted by Gasteiger charge is -2.37. The van der Waals surface area contributed by atoms with Crippen LogP contribution in [0.2, 0.25) is 0 Å². The van der Waals surface area contributed by atoms with E-state index in [4.69, 9.17) is 4.42 Å². The molecule has 0 unspecified atom stereocenters. The molecule has 0 spiro atoms. The molecular weight excluding hydrogens is 420 g/mol. The molecule has 0 atom stereocenters. The Kier molecular flexibility index (Phi) is 5.59. The van der Waals surface area contributed by atoms with Crippen molar-refractivity contribution in [2.24, 2.45) is 7.05 Å². The average Bonchev–Trinajstić information content (AvgIpc) is 3.29. The van der Waals surface area contributed by atoms with Crippen LogP contribution in [0.25, 0.3) is 10.9 Å². The summed E-state index contributed by atoms with van der Waals surface area (Å²) in [5.41, 5.74) is 1.61. The number of fused-ring (bicyclic) bond motifs is 1. The molecule has 0 aliphatic carbocycles. The molecule has 1 aliphatic rings. The highest BCUT2D eigenvalue weighted by Gasteiger charge is 2.27. The zero-order valence-electron chi connectivity index (χ0n) is 17.4. The van der Waals surface area contributed by atoms with Crippen LogP contribution in [0.5, 0.6) is 0 Å². The number of pyridine rings is 1. The number of amides is 1. The second-order valence-corrected chi connectivity index (χ2v) is 9.39. The number of rotatable bonds is 5. The molecule has 0 radical (unpaired) electrons. The van der Waals surface area contributed by atoms with E-state index in [0.29, 0.717) is 43.2 Å². The smallest absolute Gasteiger partial charge is 0.289 e. The van der Waals surface area contributed by atoms with Gasteiger partial charge in [-0.25, -0.2) is 13.1 Å². The van der Waals surface area contributed by atoms with Crippen LogP contribution in [-0.2, 0) is 23.6 Å². The molecule has 3 aromatic rings. The molecule has 1 N–H and O–H groups in total. The first-order valence-corrected chi connectivity index (χ1v) is 11.8. The van der Waals surface area contributed by atoms with Crippen molar-refractivity contribution in [3.8, 4) is 0 Å². The number of carbonyl (C=O) groups excluding carboxylic acids is 1. The van der Waals surface area contributed by atoms with Crippen LogP contribution >= 0.6 is 0 Å². The minimum atomic E-state index is -3.48. The standard InChI is InChI=1S/C21H24N4O5S/c1-23-17-7-4-3-6-15(17)19(16(20(23)26)14-22-31(2,28)29)24-9-11-25(12-10-24)21(27)18-8-5-13-30-18/h3-8,13,22H,9-12,14H2,1-2H3. The quantitative estimate of drug-likeness (QED) is 0.633. The number of hydrogen-bond donors (Lipinski definition) is 1. The molecule has 4 rings (SSSR count). The fourth-order valence-electron chi connectivity index (χ4n) is 3.96. The lowest BCUT2D eigenvalue weighted by Crippen LogP contribution is -2.49. The van der Waals surface area contributed by atoms with E-state index < -0.39 is 10.0 Å². The van der Waals surface area contributed by atoms with Crippen molar-refractivity contribution in [1.82, 2.24) is 14.2 Å². The van der Waals surface area contributed by atoms with E-state index >= 15 is 0 Å². The van der Waals surface area contributed by atoms with E-state index in [1.165, 1.54) is 10.8 Å². The Morgan fingerprint density at radius 3 is 2.45 bits per heavy atom. The molecule has 1 aliphatic heterocycles. The first-order chi connectivity index (χ1) is 14.8. The maximum Gasteiger partial charge on any atom is 0.289 e. The Hall–Kier alpha value is -3.11. The van der Waals surface area contributed by atoms with E-state index in [1.54, 1.807) is 24.1 Å². The monoisotopic (exact) mass is 444 g/mol. The third-order valence-electron chi connectivity index (χ3n) is 5.50. The fraction of sp³-hybridized carbons (Fsp3) is 0.333. The van der Waals surface area contributed by atoms with Gasteiger partial charge >= 0.3 is 0 Å². The van der Waals surface area contributed by atoms with Gasteiger partial charge in [0.05, 0.1) is 29.3 Å². The number of piperazine rings is 1. The number of nitrogens with one attached hydrogen (secondary N) is 1. The molecule has 1 amide bonds. The van der Waals surface area contributed by atoms with Gasteiger partial charge in [0.2, 0.25) is 10.0 Å². The Bertz CT molecular complexity index is 1270. The van der Waals surface area contributed by atoms with Gasteiger partial charge in [-0.15, -0.1) is 0 Å². The minimum Gasteiger partial charge on any atom is -0.459 e. The van der Waals surface area contributed by atoms with E-state index in [0.717, 1.165) is 17.2 Å². The van der Waals surface area contributed by atoms with Gasteiger partial charge < -0.3 is 18.8 Å². The van der Waals surface area contributed by atoms with E-state index in [1.807, 2.05) is 24.3 Å². The molecule has 3 heterocycles. The molecule has 0 bridgehead atoms. The highest BCUT2D eigenvalue weighted by molar-refractivity contribution is 7.88. The number of para-hydroxylation sites is 1. The van der Waals surface area contributed by atoms with Gasteiger partial charge in [0.1, 0.15) is 0 Å². The largest absolute Gasteiger partial charge is 0.459 e. The number of anilines is 1. The normalized spacial score (nSPS) is 14.9. The topological polar surface area (TPSA) is 105 Å². The number of sulfonamides is 1. The number of aryl methyl sites for hydroxylation is 1. The van der Waals surface area contributed by atoms with Crippen molar-refractivity contribution in [3.05, 3.63) is 64.3 Å². The number of benzene rings is 1. The number of hydrogen-bond acceptors (Lipinski definition) is 6. The van der Waals surface area contributed by atoms with Gasteiger partial charge in [0.15, 0.2) is 5.76 Å². The fourth-order valence-corrected chi connectivity index (χ4v) is 4.36. The summed E-state index contributed by atoms with van der Waals surface area (Å²) in [6.45, 7) is 1.84. The third kappa shape index (κ3) is 4.21. The van der Waals surface area contributed by atoms with Crippen molar-refractivity contribution in [2.45, 2.75) is 6.54 Å². The van der Waals surface area contributed by atoms with E-state index in [9.17, 15) is 18.0 Å². The van der Waals surface area contributed by atoms with Gasteiger partial charge in [-0.1, -0.05) is 18.2 Å². The van der Waals surface area contributed by atoms with Crippen LogP contribution in [0, 0.1) is 0 Å². The Balaban J connectivity index is 1.70. The summed E-state index contributed by atoms with van der Waals surface area (Å²) in [4.78, 5) is 29.5. The maximum atomic E-state index is 13.1. The first kappa shape index (κ1) is 21.1. The molecule has 164 valence electrons. The summed E-state index contributed by atoms with van der Waals surface area (Å²) < 4.78 is 32.6. The first-order valence-electron chi connectivity index (χ1n) is 9.89. The van der Waals surface area contributed by atoms with Crippen molar-refractivity contribution < 1.29 is 17.6 Å². The van der Waals surface area contributed by atoms with E-state index in [-0.39, 0.29) is 18.0 Å². The highest BCUT2D eigenvalue weighted by atomic mass is 32.2. The number of aromatic nitrogens is 1. The van der Waals surface area contributed by atoms with Crippen molar-refractivity contribution in [2.75, 3.05) is 37.3 Å². The highest BCUT2D eigenvalue weighted by Crippen LogP contribution is 2.30. The van der Waals surface area contributed by atoms with Crippen LogP contribution in [-0.4, -0.2) is 56.2 Å². The summed E-state index contributed by atoms with van der Waals surface area (Å²) in [5.74, 6) is 0.128. The van der Waals surface area contributed by atoms with Gasteiger partial charge in [-0.3, -0.25) is 9.59 Å².